The van der Waals surface area contributed by atoms with E-state index in [9.17, 15) is 4.79 Å². The fraction of sp³-hybridized carbons (Fsp3) is 0.292. The first kappa shape index (κ1) is 20.1. The Labute approximate surface area is 185 Å². The number of carbonyl (C=O) groups excluding carboxylic acids is 1. The molecule has 0 bridgehead atoms. The first-order valence-corrected chi connectivity index (χ1v) is 10.8. The first-order valence-electron chi connectivity index (χ1n) is 10.8. The van der Waals surface area contributed by atoms with E-state index >= 15 is 0 Å². The Hall–Kier alpha value is -3.81. The van der Waals surface area contributed by atoms with Gasteiger partial charge in [0, 0.05) is 49.2 Å². The number of nitrogens with zero attached hydrogens (tertiary/aromatic N) is 6. The van der Waals surface area contributed by atoms with Gasteiger partial charge in [-0.25, -0.2) is 9.97 Å². The highest BCUT2D eigenvalue weighted by Gasteiger charge is 2.24. The van der Waals surface area contributed by atoms with Crippen LogP contribution in [0.4, 0.5) is 5.82 Å². The van der Waals surface area contributed by atoms with Gasteiger partial charge in [0.05, 0.1) is 5.52 Å². The van der Waals surface area contributed by atoms with E-state index in [1.165, 1.54) is 0 Å². The number of carbonyl (C=O) groups is 1. The van der Waals surface area contributed by atoms with Crippen LogP contribution in [0.3, 0.4) is 0 Å². The normalized spacial score (nSPS) is 14.3. The van der Waals surface area contributed by atoms with Crippen molar-refractivity contribution in [1.29, 1.82) is 0 Å². The maximum Gasteiger partial charge on any atom is 0.272 e. The van der Waals surface area contributed by atoms with Crippen LogP contribution in [0.15, 0.2) is 59.3 Å². The Morgan fingerprint density at radius 1 is 0.969 bits per heavy atom. The number of hydrogen-bond donors (Lipinski definition) is 0. The number of aromatic nitrogens is 4. The van der Waals surface area contributed by atoms with E-state index in [1.807, 2.05) is 61.2 Å². The van der Waals surface area contributed by atoms with Crippen molar-refractivity contribution >= 4 is 22.6 Å². The monoisotopic (exact) mass is 428 g/mol. The van der Waals surface area contributed by atoms with Gasteiger partial charge in [-0.15, -0.1) is 0 Å². The van der Waals surface area contributed by atoms with Crippen LogP contribution in [-0.4, -0.2) is 57.1 Å². The topological polar surface area (TPSA) is 88.3 Å². The Kier molecular flexibility index (Phi) is 5.26. The van der Waals surface area contributed by atoms with E-state index in [2.05, 4.69) is 25.0 Å². The molecule has 0 spiro atoms. The van der Waals surface area contributed by atoms with Crippen LogP contribution in [0.25, 0.3) is 22.3 Å². The fourth-order valence-corrected chi connectivity index (χ4v) is 3.78. The molecule has 0 atom stereocenters. The largest absolute Gasteiger partial charge is 0.353 e. The van der Waals surface area contributed by atoms with E-state index in [1.54, 1.807) is 12.3 Å². The molecule has 0 aliphatic carbocycles. The van der Waals surface area contributed by atoms with Crippen LogP contribution in [0.2, 0.25) is 0 Å². The van der Waals surface area contributed by atoms with E-state index in [4.69, 9.17) is 4.52 Å². The Balaban J connectivity index is 1.23. The molecule has 8 heteroatoms. The van der Waals surface area contributed by atoms with E-state index in [0.29, 0.717) is 43.6 Å². The molecule has 1 fully saturated rings. The van der Waals surface area contributed by atoms with Crippen molar-refractivity contribution < 1.29 is 9.32 Å². The van der Waals surface area contributed by atoms with Gasteiger partial charge in [-0.1, -0.05) is 43.3 Å². The number of hydrogen-bond acceptors (Lipinski definition) is 7. The predicted octanol–water partition coefficient (Wildman–Crippen LogP) is 3.77. The lowest BCUT2D eigenvalue weighted by Gasteiger charge is -2.35. The molecule has 0 radical (unpaired) electrons. The summed E-state index contributed by atoms with van der Waals surface area (Å²) in [6, 6.07) is 15.5. The Morgan fingerprint density at radius 2 is 1.78 bits per heavy atom. The molecule has 1 aromatic carbocycles. The average molecular weight is 428 g/mol. The minimum Gasteiger partial charge on any atom is -0.353 e. The lowest BCUT2D eigenvalue weighted by Crippen LogP contribution is -2.49. The molecule has 8 nitrogen and oxygen atoms in total. The molecule has 1 aliphatic rings. The Morgan fingerprint density at radius 3 is 2.50 bits per heavy atom. The zero-order chi connectivity index (χ0) is 22.1. The molecule has 1 aliphatic heterocycles. The second kappa shape index (κ2) is 8.37. The summed E-state index contributed by atoms with van der Waals surface area (Å²) in [6.07, 6.45) is 1.76. The SMILES string of the molecule is CC(C)c1nc(-c2ccc(N3CCN(C(=O)c4ccc5ccccc5n4)CC3)nc2)no1. The maximum absolute atomic E-state index is 12.9. The number of benzene rings is 1. The van der Waals surface area contributed by atoms with Gasteiger partial charge in [0.2, 0.25) is 11.7 Å². The first-order chi connectivity index (χ1) is 15.6. The van der Waals surface area contributed by atoms with E-state index in [-0.39, 0.29) is 11.8 Å². The third-order valence-electron chi connectivity index (χ3n) is 5.65. The van der Waals surface area contributed by atoms with Crippen LogP contribution in [0.5, 0.6) is 0 Å². The van der Waals surface area contributed by atoms with Gasteiger partial charge >= 0.3 is 0 Å². The van der Waals surface area contributed by atoms with Crippen LogP contribution < -0.4 is 4.90 Å². The third kappa shape index (κ3) is 3.91. The number of fused-ring (bicyclic) bond motifs is 1. The summed E-state index contributed by atoms with van der Waals surface area (Å²) >= 11 is 0. The summed E-state index contributed by atoms with van der Waals surface area (Å²) < 4.78 is 5.28. The van der Waals surface area contributed by atoms with Gasteiger partial charge in [-0.05, 0) is 24.3 Å². The van der Waals surface area contributed by atoms with Crippen molar-refractivity contribution in [3.63, 3.8) is 0 Å². The second-order valence-corrected chi connectivity index (χ2v) is 8.18. The molecular formula is C24H24N6O2. The summed E-state index contributed by atoms with van der Waals surface area (Å²) in [4.78, 5) is 30.5. The Bertz CT molecular complexity index is 1240. The lowest BCUT2D eigenvalue weighted by molar-refractivity contribution is 0.0741. The molecule has 5 rings (SSSR count). The smallest absolute Gasteiger partial charge is 0.272 e. The molecule has 32 heavy (non-hydrogen) atoms. The quantitative estimate of drug-likeness (QED) is 0.489. The fourth-order valence-electron chi connectivity index (χ4n) is 3.78. The summed E-state index contributed by atoms with van der Waals surface area (Å²) in [5.74, 6) is 2.19. The molecule has 0 unspecified atom stereocenters. The summed E-state index contributed by atoms with van der Waals surface area (Å²) in [7, 11) is 0. The standard InChI is InChI=1S/C24H24N6O2/c1-16(2)23-27-22(28-32-23)18-8-10-21(25-15-18)29-11-13-30(14-12-29)24(31)20-9-7-17-5-3-4-6-19(17)26-20/h3-10,15-16H,11-14H2,1-2H3. The second-order valence-electron chi connectivity index (χ2n) is 8.18. The zero-order valence-electron chi connectivity index (χ0n) is 18.1. The third-order valence-corrected chi connectivity index (χ3v) is 5.65. The van der Waals surface area contributed by atoms with Gasteiger partial charge in [0.1, 0.15) is 11.5 Å². The minimum atomic E-state index is -0.0308. The highest BCUT2D eigenvalue weighted by Crippen LogP contribution is 2.22. The van der Waals surface area contributed by atoms with Gasteiger partial charge in [0.15, 0.2) is 0 Å². The lowest BCUT2D eigenvalue weighted by atomic mass is 10.2. The van der Waals surface area contributed by atoms with E-state index in [0.717, 1.165) is 22.3 Å². The van der Waals surface area contributed by atoms with Crippen LogP contribution >= 0.6 is 0 Å². The maximum atomic E-state index is 12.9. The number of anilines is 1. The summed E-state index contributed by atoms with van der Waals surface area (Å²) in [5.41, 5.74) is 2.14. The molecule has 162 valence electrons. The number of piperazine rings is 1. The highest BCUT2D eigenvalue weighted by atomic mass is 16.5. The summed E-state index contributed by atoms with van der Waals surface area (Å²) in [6.45, 7) is 6.70. The molecule has 4 aromatic rings. The van der Waals surface area contributed by atoms with Crippen molar-refractivity contribution in [3.8, 4) is 11.4 Å². The van der Waals surface area contributed by atoms with Crippen molar-refractivity contribution in [3.05, 3.63) is 66.3 Å². The average Bonchev–Trinajstić information content (AvgIpc) is 3.34. The molecule has 1 amide bonds. The van der Waals surface area contributed by atoms with Gasteiger partial charge in [-0.2, -0.15) is 4.98 Å². The zero-order valence-corrected chi connectivity index (χ0v) is 18.1. The molecule has 0 saturated carbocycles. The van der Waals surface area contributed by atoms with Gasteiger partial charge in [0.25, 0.3) is 5.91 Å². The van der Waals surface area contributed by atoms with Gasteiger partial charge in [-0.3, -0.25) is 4.79 Å². The van der Waals surface area contributed by atoms with Crippen LogP contribution in [-0.2, 0) is 0 Å². The van der Waals surface area contributed by atoms with Gasteiger partial charge < -0.3 is 14.3 Å². The minimum absolute atomic E-state index is 0.0308. The molecule has 4 heterocycles. The number of pyridine rings is 2. The number of para-hydroxylation sites is 1. The molecular weight excluding hydrogens is 404 g/mol. The highest BCUT2D eigenvalue weighted by molar-refractivity contribution is 5.95. The van der Waals surface area contributed by atoms with Crippen molar-refractivity contribution in [2.75, 3.05) is 31.1 Å². The van der Waals surface area contributed by atoms with Crippen LogP contribution in [0.1, 0.15) is 36.1 Å². The summed E-state index contributed by atoms with van der Waals surface area (Å²) in [5, 5.41) is 5.07. The molecule has 0 N–H and O–H groups in total. The van der Waals surface area contributed by atoms with Crippen molar-refractivity contribution in [2.45, 2.75) is 19.8 Å². The van der Waals surface area contributed by atoms with Crippen molar-refractivity contribution in [2.24, 2.45) is 0 Å². The van der Waals surface area contributed by atoms with Crippen LogP contribution in [0, 0.1) is 0 Å². The number of rotatable bonds is 4. The molecule has 3 aromatic heterocycles. The van der Waals surface area contributed by atoms with Crippen molar-refractivity contribution in [1.82, 2.24) is 25.0 Å². The predicted molar refractivity (Wildman–Crippen MR) is 121 cm³/mol. The molecule has 1 saturated heterocycles. The number of amides is 1. The van der Waals surface area contributed by atoms with E-state index < -0.39 is 0 Å².